The molecule has 0 radical (unpaired) electrons. The van der Waals surface area contributed by atoms with Gasteiger partial charge >= 0.3 is 6.01 Å². The number of anilines is 2. The van der Waals surface area contributed by atoms with Crippen LogP contribution in [0.15, 0.2) is 0 Å². The molecule has 1 aromatic rings. The van der Waals surface area contributed by atoms with Gasteiger partial charge in [0.05, 0.1) is 7.11 Å². The Balaban J connectivity index is 1.95. The van der Waals surface area contributed by atoms with Crippen LogP contribution >= 0.6 is 0 Å². The van der Waals surface area contributed by atoms with E-state index in [-0.39, 0.29) is 0 Å². The molecule has 1 aromatic heterocycles. The molecule has 2 rings (SSSR count). The Labute approximate surface area is 120 Å². The molecule has 0 saturated heterocycles. The van der Waals surface area contributed by atoms with Gasteiger partial charge in [0.25, 0.3) is 0 Å². The zero-order valence-electron chi connectivity index (χ0n) is 12.6. The third-order valence-electron chi connectivity index (χ3n) is 3.73. The molecule has 6 heteroatoms. The number of hydrogen-bond donors (Lipinski definition) is 2. The van der Waals surface area contributed by atoms with Gasteiger partial charge in [-0.3, -0.25) is 0 Å². The summed E-state index contributed by atoms with van der Waals surface area (Å²) in [5.74, 6) is 2.69. The lowest BCUT2D eigenvalue weighted by molar-refractivity contribution is 0.293. The molecular formula is C14H25N5O. The van der Waals surface area contributed by atoms with Crippen LogP contribution in [0, 0.1) is 11.8 Å². The van der Waals surface area contributed by atoms with Crippen LogP contribution in [0.5, 0.6) is 6.01 Å². The summed E-state index contributed by atoms with van der Waals surface area (Å²) in [7, 11) is 1.57. The second-order valence-electron chi connectivity index (χ2n) is 5.52. The van der Waals surface area contributed by atoms with Crippen molar-refractivity contribution in [1.29, 1.82) is 0 Å². The van der Waals surface area contributed by atoms with Gasteiger partial charge in [0, 0.05) is 13.1 Å². The highest BCUT2D eigenvalue weighted by Crippen LogP contribution is 2.28. The van der Waals surface area contributed by atoms with Crippen molar-refractivity contribution in [2.45, 2.75) is 39.5 Å². The lowest BCUT2D eigenvalue weighted by atomic mass is 9.82. The van der Waals surface area contributed by atoms with Gasteiger partial charge in [-0.2, -0.15) is 15.0 Å². The van der Waals surface area contributed by atoms with E-state index >= 15 is 0 Å². The molecule has 2 unspecified atom stereocenters. The lowest BCUT2D eigenvalue weighted by Gasteiger charge is -2.26. The SMILES string of the molecule is CCNc1nc(NCC2CCCC(C)C2)nc(OC)n1. The third kappa shape index (κ3) is 4.21. The van der Waals surface area contributed by atoms with E-state index in [1.54, 1.807) is 7.11 Å². The Morgan fingerprint density at radius 3 is 2.55 bits per heavy atom. The zero-order valence-corrected chi connectivity index (χ0v) is 12.6. The van der Waals surface area contributed by atoms with Gasteiger partial charge in [-0.1, -0.05) is 19.8 Å². The molecule has 112 valence electrons. The molecule has 0 bridgehead atoms. The van der Waals surface area contributed by atoms with Crippen molar-refractivity contribution >= 4 is 11.9 Å². The monoisotopic (exact) mass is 279 g/mol. The molecule has 1 saturated carbocycles. The van der Waals surface area contributed by atoms with E-state index in [2.05, 4.69) is 32.5 Å². The molecule has 2 N–H and O–H groups in total. The first kappa shape index (κ1) is 14.8. The Morgan fingerprint density at radius 2 is 1.90 bits per heavy atom. The van der Waals surface area contributed by atoms with E-state index in [1.165, 1.54) is 25.7 Å². The van der Waals surface area contributed by atoms with Gasteiger partial charge in [0.2, 0.25) is 11.9 Å². The summed E-state index contributed by atoms with van der Waals surface area (Å²) in [5, 5.41) is 6.41. The highest BCUT2D eigenvalue weighted by atomic mass is 16.5. The molecule has 1 fully saturated rings. The molecule has 1 aliphatic rings. The maximum atomic E-state index is 5.11. The van der Waals surface area contributed by atoms with E-state index < -0.39 is 0 Å². The van der Waals surface area contributed by atoms with Crippen molar-refractivity contribution < 1.29 is 4.74 Å². The summed E-state index contributed by atoms with van der Waals surface area (Å²) >= 11 is 0. The van der Waals surface area contributed by atoms with Crippen molar-refractivity contribution in [3.63, 3.8) is 0 Å². The summed E-state index contributed by atoms with van der Waals surface area (Å²) < 4.78 is 5.11. The lowest BCUT2D eigenvalue weighted by Crippen LogP contribution is -2.22. The zero-order chi connectivity index (χ0) is 14.4. The van der Waals surface area contributed by atoms with Crippen LogP contribution in [0.4, 0.5) is 11.9 Å². The molecule has 6 nitrogen and oxygen atoms in total. The van der Waals surface area contributed by atoms with Crippen LogP contribution in [0.25, 0.3) is 0 Å². The third-order valence-corrected chi connectivity index (χ3v) is 3.73. The molecule has 1 heterocycles. The second-order valence-corrected chi connectivity index (χ2v) is 5.52. The van der Waals surface area contributed by atoms with Crippen LogP contribution in [0.2, 0.25) is 0 Å². The summed E-state index contributed by atoms with van der Waals surface area (Å²) in [6.07, 6.45) is 5.27. The first-order valence-corrected chi connectivity index (χ1v) is 7.49. The maximum absolute atomic E-state index is 5.11. The minimum atomic E-state index is 0.343. The molecule has 0 aliphatic heterocycles. The second kappa shape index (κ2) is 7.26. The standard InChI is InChI=1S/C14H25N5O/c1-4-15-12-17-13(19-14(18-12)20-3)16-9-11-7-5-6-10(2)8-11/h10-11H,4-9H2,1-3H3,(H2,15,16,17,18,19). The molecule has 2 atom stereocenters. The number of aromatic nitrogens is 3. The number of ether oxygens (including phenoxy) is 1. The van der Waals surface area contributed by atoms with Crippen molar-refractivity contribution in [3.8, 4) is 6.01 Å². The molecule has 1 aliphatic carbocycles. The smallest absolute Gasteiger partial charge is 0.322 e. The molecule has 0 amide bonds. The number of nitrogens with one attached hydrogen (secondary N) is 2. The highest BCUT2D eigenvalue weighted by molar-refractivity contribution is 5.35. The first-order chi connectivity index (χ1) is 9.71. The fourth-order valence-electron chi connectivity index (χ4n) is 2.74. The van der Waals surface area contributed by atoms with Crippen LogP contribution in [-0.4, -0.2) is 35.2 Å². The normalized spacial score (nSPS) is 22.4. The predicted octanol–water partition coefficient (Wildman–Crippen LogP) is 2.55. The predicted molar refractivity (Wildman–Crippen MR) is 80.2 cm³/mol. The average molecular weight is 279 g/mol. The van der Waals surface area contributed by atoms with Crippen LogP contribution in [0.3, 0.4) is 0 Å². The molecule has 0 aromatic carbocycles. The Bertz CT molecular complexity index is 426. The van der Waals surface area contributed by atoms with Crippen molar-refractivity contribution in [3.05, 3.63) is 0 Å². The average Bonchev–Trinajstić information content (AvgIpc) is 2.45. The quantitative estimate of drug-likeness (QED) is 0.834. The van der Waals surface area contributed by atoms with Gasteiger partial charge in [0.1, 0.15) is 0 Å². The van der Waals surface area contributed by atoms with E-state index in [1.807, 2.05) is 6.92 Å². The minimum Gasteiger partial charge on any atom is -0.467 e. The van der Waals surface area contributed by atoms with Gasteiger partial charge in [-0.15, -0.1) is 0 Å². The number of hydrogen-bond acceptors (Lipinski definition) is 6. The fourth-order valence-corrected chi connectivity index (χ4v) is 2.74. The van der Waals surface area contributed by atoms with E-state index in [0.717, 1.165) is 19.0 Å². The van der Waals surface area contributed by atoms with E-state index in [9.17, 15) is 0 Å². The van der Waals surface area contributed by atoms with Gasteiger partial charge < -0.3 is 15.4 Å². The van der Waals surface area contributed by atoms with Gasteiger partial charge in [-0.05, 0) is 31.6 Å². The van der Waals surface area contributed by atoms with E-state index in [0.29, 0.717) is 23.8 Å². The van der Waals surface area contributed by atoms with Crippen LogP contribution in [0.1, 0.15) is 39.5 Å². The topological polar surface area (TPSA) is 72.0 Å². The Morgan fingerprint density at radius 1 is 1.15 bits per heavy atom. The fraction of sp³-hybridized carbons (Fsp3) is 0.786. The molecule has 20 heavy (non-hydrogen) atoms. The van der Waals surface area contributed by atoms with Crippen molar-refractivity contribution in [2.24, 2.45) is 11.8 Å². The first-order valence-electron chi connectivity index (χ1n) is 7.49. The van der Waals surface area contributed by atoms with Crippen molar-refractivity contribution in [2.75, 3.05) is 30.8 Å². The Kier molecular flexibility index (Phi) is 5.38. The van der Waals surface area contributed by atoms with Gasteiger partial charge in [-0.25, -0.2) is 0 Å². The number of rotatable bonds is 6. The number of methoxy groups -OCH3 is 1. The summed E-state index contributed by atoms with van der Waals surface area (Å²) in [6, 6.07) is 0.343. The summed E-state index contributed by atoms with van der Waals surface area (Å²) in [6.45, 7) is 6.03. The summed E-state index contributed by atoms with van der Waals surface area (Å²) in [4.78, 5) is 12.7. The molecule has 0 spiro atoms. The maximum Gasteiger partial charge on any atom is 0.322 e. The minimum absolute atomic E-state index is 0.343. The Hall–Kier alpha value is -1.59. The van der Waals surface area contributed by atoms with Gasteiger partial charge in [0.15, 0.2) is 0 Å². The van der Waals surface area contributed by atoms with Crippen LogP contribution < -0.4 is 15.4 Å². The van der Waals surface area contributed by atoms with Crippen molar-refractivity contribution in [1.82, 2.24) is 15.0 Å². The summed E-state index contributed by atoms with van der Waals surface area (Å²) in [5.41, 5.74) is 0. The largest absolute Gasteiger partial charge is 0.467 e. The van der Waals surface area contributed by atoms with E-state index in [4.69, 9.17) is 4.74 Å². The molecular weight excluding hydrogens is 254 g/mol. The van der Waals surface area contributed by atoms with Crippen LogP contribution in [-0.2, 0) is 0 Å². The highest BCUT2D eigenvalue weighted by Gasteiger charge is 2.19. The number of nitrogens with zero attached hydrogens (tertiary/aromatic N) is 3.